The number of aromatic nitrogens is 2. The van der Waals surface area contributed by atoms with Crippen molar-refractivity contribution < 1.29 is 4.79 Å². The molecule has 0 spiro atoms. The number of piperazine rings is 1. The minimum Gasteiger partial charge on any atom is -0.356 e. The molecule has 138 valence electrons. The molecule has 3 rings (SSSR count). The van der Waals surface area contributed by atoms with Gasteiger partial charge in [-0.15, -0.1) is 24.0 Å². The first-order valence-electron chi connectivity index (χ1n) is 8.57. The molecule has 0 aromatic carbocycles. The Morgan fingerprint density at radius 1 is 1.40 bits per heavy atom. The van der Waals surface area contributed by atoms with Gasteiger partial charge in [-0.25, -0.2) is 0 Å². The molecule has 0 bridgehead atoms. The summed E-state index contributed by atoms with van der Waals surface area (Å²) in [6.45, 7) is 2.68. The van der Waals surface area contributed by atoms with Crippen molar-refractivity contribution in [3.05, 3.63) is 24.5 Å². The van der Waals surface area contributed by atoms with Crippen LogP contribution in [0.3, 0.4) is 0 Å². The van der Waals surface area contributed by atoms with E-state index >= 15 is 0 Å². The Morgan fingerprint density at radius 3 is 2.84 bits per heavy atom. The van der Waals surface area contributed by atoms with E-state index in [9.17, 15) is 4.79 Å². The number of hydrogen-bond donors (Lipinski definition) is 1. The molecule has 1 atom stereocenters. The van der Waals surface area contributed by atoms with Gasteiger partial charge in [0, 0.05) is 39.9 Å². The number of hydrogen-bond acceptors (Lipinski definition) is 3. The lowest BCUT2D eigenvalue weighted by Gasteiger charge is -2.35. The average Bonchev–Trinajstić information content (AvgIpc) is 3.02. The first-order chi connectivity index (χ1) is 11.7. The lowest BCUT2D eigenvalue weighted by Crippen LogP contribution is -2.55. The van der Waals surface area contributed by atoms with Crippen molar-refractivity contribution in [2.45, 2.75) is 19.3 Å². The van der Waals surface area contributed by atoms with Gasteiger partial charge in [0.05, 0.1) is 11.9 Å². The van der Waals surface area contributed by atoms with E-state index in [0.717, 1.165) is 37.6 Å². The molecule has 1 aliphatic heterocycles. The smallest absolute Gasteiger partial charge is 0.246 e. The van der Waals surface area contributed by atoms with Gasteiger partial charge in [-0.2, -0.15) is 5.10 Å². The lowest BCUT2D eigenvalue weighted by atomic mass is 9.94. The van der Waals surface area contributed by atoms with E-state index in [-0.39, 0.29) is 29.9 Å². The molecule has 2 heterocycles. The van der Waals surface area contributed by atoms with Crippen LogP contribution in [0.4, 0.5) is 5.69 Å². The molecule has 0 radical (unpaired) electrons. The van der Waals surface area contributed by atoms with Crippen LogP contribution < -0.4 is 10.2 Å². The third kappa shape index (κ3) is 4.96. The Morgan fingerprint density at radius 2 is 2.24 bits per heavy atom. The summed E-state index contributed by atoms with van der Waals surface area (Å²) < 4.78 is 1.72. The van der Waals surface area contributed by atoms with Gasteiger partial charge in [0.25, 0.3) is 0 Å². The van der Waals surface area contributed by atoms with Crippen molar-refractivity contribution >= 4 is 41.5 Å². The summed E-state index contributed by atoms with van der Waals surface area (Å²) in [6, 6.07) is 0. The Labute approximate surface area is 166 Å². The second-order valence-corrected chi connectivity index (χ2v) is 6.42. The van der Waals surface area contributed by atoms with Gasteiger partial charge in [0.1, 0.15) is 6.54 Å². The second kappa shape index (κ2) is 9.21. The van der Waals surface area contributed by atoms with Crippen molar-refractivity contribution in [3.63, 3.8) is 0 Å². The number of anilines is 1. The predicted octanol–water partition coefficient (Wildman–Crippen LogP) is 1.62. The normalized spacial score (nSPS) is 21.3. The van der Waals surface area contributed by atoms with Crippen LogP contribution in [0.15, 0.2) is 29.5 Å². The zero-order valence-electron chi connectivity index (χ0n) is 14.9. The average molecular weight is 458 g/mol. The van der Waals surface area contributed by atoms with E-state index in [0.29, 0.717) is 19.0 Å². The summed E-state index contributed by atoms with van der Waals surface area (Å²) in [6.07, 6.45) is 11.6. The van der Waals surface area contributed by atoms with Gasteiger partial charge in [-0.3, -0.25) is 14.5 Å². The molecule has 1 amide bonds. The molecule has 1 aliphatic carbocycles. The zero-order chi connectivity index (χ0) is 16.9. The van der Waals surface area contributed by atoms with Gasteiger partial charge < -0.3 is 15.1 Å². The number of rotatable bonds is 3. The number of amides is 1. The van der Waals surface area contributed by atoms with E-state index in [1.165, 1.54) is 6.42 Å². The minimum atomic E-state index is 0. The standard InChI is InChI=1S/C17H26N6O.HI/c1-18-17(19-10-14-6-4-3-5-7-14)22-8-9-23(16(24)13-22)15-11-20-21(2)12-15;/h3-4,11-12,14H,5-10,13H2,1-2H3,(H,18,19);1H. The largest absolute Gasteiger partial charge is 0.356 e. The maximum atomic E-state index is 12.5. The van der Waals surface area contributed by atoms with E-state index in [2.05, 4.69) is 27.6 Å². The first kappa shape index (κ1) is 19.7. The van der Waals surface area contributed by atoms with Crippen molar-refractivity contribution in [1.29, 1.82) is 0 Å². The molecule has 1 aromatic rings. The molecular weight excluding hydrogens is 431 g/mol. The number of aliphatic imine (C=N–C) groups is 1. The zero-order valence-corrected chi connectivity index (χ0v) is 17.2. The highest BCUT2D eigenvalue weighted by Crippen LogP contribution is 2.18. The van der Waals surface area contributed by atoms with Crippen molar-refractivity contribution in [1.82, 2.24) is 20.0 Å². The van der Waals surface area contributed by atoms with E-state index in [1.807, 2.05) is 18.1 Å². The van der Waals surface area contributed by atoms with E-state index < -0.39 is 0 Å². The topological polar surface area (TPSA) is 65.8 Å². The molecule has 8 heteroatoms. The second-order valence-electron chi connectivity index (χ2n) is 6.42. The number of nitrogens with one attached hydrogen (secondary N) is 1. The van der Waals surface area contributed by atoms with Crippen LogP contribution in [-0.2, 0) is 11.8 Å². The van der Waals surface area contributed by atoms with Crippen LogP contribution in [0.5, 0.6) is 0 Å². The van der Waals surface area contributed by atoms with Gasteiger partial charge in [0.15, 0.2) is 5.96 Å². The van der Waals surface area contributed by atoms with E-state index in [4.69, 9.17) is 0 Å². The predicted molar refractivity (Wildman–Crippen MR) is 110 cm³/mol. The number of allylic oxidation sites excluding steroid dienone is 2. The maximum absolute atomic E-state index is 12.5. The van der Waals surface area contributed by atoms with Gasteiger partial charge in [-0.05, 0) is 25.2 Å². The Kier molecular flexibility index (Phi) is 7.27. The highest BCUT2D eigenvalue weighted by atomic mass is 127. The number of nitrogens with zero attached hydrogens (tertiary/aromatic N) is 5. The molecule has 2 aliphatic rings. The Bertz CT molecular complexity index is 641. The Hall–Kier alpha value is -1.58. The monoisotopic (exact) mass is 458 g/mol. The number of carbonyl (C=O) groups is 1. The molecule has 1 saturated heterocycles. The third-order valence-electron chi connectivity index (χ3n) is 4.66. The molecule has 1 fully saturated rings. The summed E-state index contributed by atoms with van der Waals surface area (Å²) in [5.74, 6) is 1.56. The van der Waals surface area contributed by atoms with Crippen molar-refractivity contribution in [2.75, 3.05) is 38.1 Å². The van der Waals surface area contributed by atoms with Crippen LogP contribution in [0.2, 0.25) is 0 Å². The van der Waals surface area contributed by atoms with Crippen LogP contribution >= 0.6 is 24.0 Å². The van der Waals surface area contributed by atoms with Crippen LogP contribution in [-0.4, -0.2) is 59.8 Å². The lowest BCUT2D eigenvalue weighted by molar-refractivity contribution is -0.120. The fourth-order valence-corrected chi connectivity index (χ4v) is 3.28. The molecule has 1 unspecified atom stereocenters. The van der Waals surface area contributed by atoms with E-state index in [1.54, 1.807) is 22.8 Å². The fraction of sp³-hybridized carbons (Fsp3) is 0.588. The summed E-state index contributed by atoms with van der Waals surface area (Å²) in [7, 11) is 3.64. The van der Waals surface area contributed by atoms with Crippen molar-refractivity contribution in [3.8, 4) is 0 Å². The maximum Gasteiger partial charge on any atom is 0.246 e. The van der Waals surface area contributed by atoms with Crippen LogP contribution in [0.25, 0.3) is 0 Å². The van der Waals surface area contributed by atoms with Gasteiger partial charge >= 0.3 is 0 Å². The highest BCUT2D eigenvalue weighted by Gasteiger charge is 2.27. The third-order valence-corrected chi connectivity index (χ3v) is 4.66. The summed E-state index contributed by atoms with van der Waals surface area (Å²) in [5.41, 5.74) is 0.860. The summed E-state index contributed by atoms with van der Waals surface area (Å²) >= 11 is 0. The molecule has 1 N–H and O–H groups in total. The van der Waals surface area contributed by atoms with Gasteiger partial charge in [-0.1, -0.05) is 12.2 Å². The number of halogens is 1. The number of aryl methyl sites for hydroxylation is 1. The highest BCUT2D eigenvalue weighted by molar-refractivity contribution is 14.0. The molecule has 1 aromatic heterocycles. The molecular formula is C17H27IN6O. The minimum absolute atomic E-state index is 0. The SMILES string of the molecule is CN=C(NCC1CC=CCC1)N1CCN(c2cnn(C)c2)C(=O)C1.I. The molecule has 7 nitrogen and oxygen atoms in total. The first-order valence-corrected chi connectivity index (χ1v) is 8.57. The molecule has 25 heavy (non-hydrogen) atoms. The Balaban J connectivity index is 0.00000225. The van der Waals surface area contributed by atoms with Crippen molar-refractivity contribution in [2.24, 2.45) is 18.0 Å². The molecule has 0 saturated carbocycles. The van der Waals surface area contributed by atoms with Crippen LogP contribution in [0.1, 0.15) is 19.3 Å². The summed E-state index contributed by atoms with van der Waals surface area (Å²) in [5, 5.41) is 7.59. The number of carbonyl (C=O) groups excluding carboxylic acids is 1. The van der Waals surface area contributed by atoms with Crippen LogP contribution in [0, 0.1) is 5.92 Å². The summed E-state index contributed by atoms with van der Waals surface area (Å²) in [4.78, 5) is 20.7. The quantitative estimate of drug-likeness (QED) is 0.324. The fourth-order valence-electron chi connectivity index (χ4n) is 3.28. The van der Waals surface area contributed by atoms with Gasteiger partial charge in [0.2, 0.25) is 5.91 Å². The number of guanidine groups is 1.